The van der Waals surface area contributed by atoms with E-state index in [0.717, 1.165) is 10.2 Å². The van der Waals surface area contributed by atoms with Crippen molar-refractivity contribution in [3.8, 4) is 0 Å². The molecule has 0 radical (unpaired) electrons. The maximum absolute atomic E-state index is 6.18. The van der Waals surface area contributed by atoms with Gasteiger partial charge in [-0.05, 0) is 36.5 Å². The number of halogens is 1. The molecule has 0 aliphatic heterocycles. The van der Waals surface area contributed by atoms with Crippen LogP contribution in [-0.4, -0.2) is 0 Å². The van der Waals surface area contributed by atoms with Crippen molar-refractivity contribution < 1.29 is 0 Å². The Bertz CT molecular complexity index is 334. The summed E-state index contributed by atoms with van der Waals surface area (Å²) in [6.45, 7) is 0. The van der Waals surface area contributed by atoms with Crippen LogP contribution in [0.1, 0.15) is 30.9 Å². The fourth-order valence-electron chi connectivity index (χ4n) is 1.87. The molecule has 0 bridgehead atoms. The Morgan fingerprint density at radius 2 is 2.07 bits per heavy atom. The molecule has 2 rings (SSSR count). The molecule has 1 aromatic rings. The van der Waals surface area contributed by atoms with Gasteiger partial charge in [0.1, 0.15) is 0 Å². The molecule has 3 heteroatoms. The summed E-state index contributed by atoms with van der Waals surface area (Å²) in [6.07, 6.45) is 3.85. The first-order valence-corrected chi connectivity index (χ1v) is 5.78. The molecule has 0 unspecified atom stereocenters. The Morgan fingerprint density at radius 1 is 1.36 bits per heavy atom. The van der Waals surface area contributed by atoms with Crippen LogP contribution >= 0.6 is 15.9 Å². The van der Waals surface area contributed by atoms with E-state index in [1.807, 2.05) is 18.2 Å². The van der Waals surface area contributed by atoms with Gasteiger partial charge in [0, 0.05) is 16.2 Å². The lowest BCUT2D eigenvalue weighted by molar-refractivity contribution is 0.264. The molecule has 1 fully saturated rings. The van der Waals surface area contributed by atoms with Gasteiger partial charge in [0.25, 0.3) is 0 Å². The summed E-state index contributed by atoms with van der Waals surface area (Å²) < 4.78 is 1.04. The van der Waals surface area contributed by atoms with Gasteiger partial charge in [-0.2, -0.15) is 0 Å². The lowest BCUT2D eigenvalue weighted by Crippen LogP contribution is -2.27. The van der Waals surface area contributed by atoms with Crippen molar-refractivity contribution in [3.63, 3.8) is 0 Å². The zero-order valence-corrected chi connectivity index (χ0v) is 9.63. The first-order valence-electron chi connectivity index (χ1n) is 4.99. The van der Waals surface area contributed by atoms with Crippen LogP contribution in [0.15, 0.2) is 22.7 Å². The van der Waals surface area contributed by atoms with Gasteiger partial charge in [-0.15, -0.1) is 0 Å². The molecule has 1 aromatic carbocycles. The monoisotopic (exact) mass is 254 g/mol. The van der Waals surface area contributed by atoms with E-state index in [2.05, 4.69) is 15.9 Å². The highest BCUT2D eigenvalue weighted by atomic mass is 79.9. The van der Waals surface area contributed by atoms with E-state index in [1.54, 1.807) is 0 Å². The molecular formula is C11H15BrN2. The third-order valence-corrected chi connectivity index (χ3v) is 3.73. The number of nitrogen functional groups attached to an aromatic ring is 1. The van der Waals surface area contributed by atoms with Gasteiger partial charge >= 0.3 is 0 Å². The minimum atomic E-state index is 0.165. The third-order valence-electron chi connectivity index (χ3n) is 3.04. The minimum Gasteiger partial charge on any atom is -0.399 e. The second-order valence-corrected chi connectivity index (χ2v) is 4.85. The maximum atomic E-state index is 6.18. The van der Waals surface area contributed by atoms with Crippen LogP contribution < -0.4 is 11.5 Å². The maximum Gasteiger partial charge on any atom is 0.0334 e. The van der Waals surface area contributed by atoms with Crippen LogP contribution in [0, 0.1) is 5.92 Å². The number of rotatable bonds is 2. The summed E-state index contributed by atoms with van der Waals surface area (Å²) in [5, 5.41) is 0. The van der Waals surface area contributed by atoms with Gasteiger partial charge in [-0.25, -0.2) is 0 Å². The second-order valence-electron chi connectivity index (χ2n) is 4.00. The highest BCUT2D eigenvalue weighted by Crippen LogP contribution is 2.38. The predicted molar refractivity (Wildman–Crippen MR) is 62.8 cm³/mol. The topological polar surface area (TPSA) is 52.0 Å². The summed E-state index contributed by atoms with van der Waals surface area (Å²) in [6, 6.07) is 6.04. The van der Waals surface area contributed by atoms with Crippen LogP contribution in [0.2, 0.25) is 0 Å². The van der Waals surface area contributed by atoms with Crippen molar-refractivity contribution in [2.24, 2.45) is 11.7 Å². The second kappa shape index (κ2) is 3.91. The van der Waals surface area contributed by atoms with Gasteiger partial charge < -0.3 is 11.5 Å². The van der Waals surface area contributed by atoms with Crippen LogP contribution in [-0.2, 0) is 0 Å². The molecule has 2 nitrogen and oxygen atoms in total. The van der Waals surface area contributed by atoms with Crippen molar-refractivity contribution in [2.75, 3.05) is 5.73 Å². The quantitative estimate of drug-likeness (QED) is 0.798. The Hall–Kier alpha value is -0.540. The Kier molecular flexibility index (Phi) is 2.79. The van der Waals surface area contributed by atoms with E-state index in [9.17, 15) is 0 Å². The summed E-state index contributed by atoms with van der Waals surface area (Å²) >= 11 is 3.51. The molecule has 0 aromatic heterocycles. The SMILES string of the molecule is Nc1ccc([C@@H](N)C2CCC2)c(Br)c1. The van der Waals surface area contributed by atoms with E-state index in [0.29, 0.717) is 5.92 Å². The molecule has 0 amide bonds. The van der Waals surface area contributed by atoms with Crippen LogP contribution in [0.25, 0.3) is 0 Å². The van der Waals surface area contributed by atoms with Crippen molar-refractivity contribution in [1.29, 1.82) is 0 Å². The molecule has 4 N–H and O–H groups in total. The van der Waals surface area contributed by atoms with Crippen LogP contribution in [0.3, 0.4) is 0 Å². The highest BCUT2D eigenvalue weighted by molar-refractivity contribution is 9.10. The zero-order chi connectivity index (χ0) is 10.1. The smallest absolute Gasteiger partial charge is 0.0334 e. The van der Waals surface area contributed by atoms with Gasteiger partial charge in [-0.3, -0.25) is 0 Å². The van der Waals surface area contributed by atoms with E-state index < -0.39 is 0 Å². The summed E-state index contributed by atoms with van der Waals surface area (Å²) in [5.41, 5.74) is 13.8. The zero-order valence-electron chi connectivity index (χ0n) is 8.04. The van der Waals surface area contributed by atoms with Crippen molar-refractivity contribution in [1.82, 2.24) is 0 Å². The van der Waals surface area contributed by atoms with E-state index in [1.165, 1.54) is 24.8 Å². The summed E-state index contributed by atoms with van der Waals surface area (Å²) in [5.74, 6) is 0.662. The van der Waals surface area contributed by atoms with Gasteiger partial charge in [0.2, 0.25) is 0 Å². The number of hydrogen-bond donors (Lipinski definition) is 2. The van der Waals surface area contributed by atoms with Crippen LogP contribution in [0.5, 0.6) is 0 Å². The molecule has 0 heterocycles. The minimum absolute atomic E-state index is 0.165. The summed E-state index contributed by atoms with van der Waals surface area (Å²) in [4.78, 5) is 0. The van der Waals surface area contributed by atoms with Crippen molar-refractivity contribution >= 4 is 21.6 Å². The normalized spacial score (nSPS) is 19.0. The van der Waals surface area contributed by atoms with Gasteiger partial charge in [0.15, 0.2) is 0 Å². The molecule has 0 saturated heterocycles. The molecule has 14 heavy (non-hydrogen) atoms. The Balaban J connectivity index is 2.22. The molecule has 76 valence electrons. The Labute approximate surface area is 92.8 Å². The molecule has 1 atom stereocenters. The first-order chi connectivity index (χ1) is 6.68. The van der Waals surface area contributed by atoms with E-state index in [-0.39, 0.29) is 6.04 Å². The lowest BCUT2D eigenvalue weighted by atomic mass is 9.77. The van der Waals surface area contributed by atoms with Crippen molar-refractivity contribution in [3.05, 3.63) is 28.2 Å². The van der Waals surface area contributed by atoms with Crippen LogP contribution in [0.4, 0.5) is 5.69 Å². The predicted octanol–water partition coefficient (Wildman–Crippen LogP) is 2.83. The summed E-state index contributed by atoms with van der Waals surface area (Å²) in [7, 11) is 0. The number of nitrogens with two attached hydrogens (primary N) is 2. The molecule has 0 spiro atoms. The number of anilines is 1. The van der Waals surface area contributed by atoms with E-state index >= 15 is 0 Å². The average Bonchev–Trinajstić information content (AvgIpc) is 2.00. The third kappa shape index (κ3) is 1.79. The fraction of sp³-hybridized carbons (Fsp3) is 0.455. The lowest BCUT2D eigenvalue weighted by Gasteiger charge is -2.32. The highest BCUT2D eigenvalue weighted by Gasteiger charge is 2.26. The number of benzene rings is 1. The molecule has 1 saturated carbocycles. The van der Waals surface area contributed by atoms with Gasteiger partial charge in [-0.1, -0.05) is 28.4 Å². The number of hydrogen-bond acceptors (Lipinski definition) is 2. The molecule has 1 aliphatic carbocycles. The van der Waals surface area contributed by atoms with E-state index in [4.69, 9.17) is 11.5 Å². The molecule has 1 aliphatic rings. The first kappa shape index (κ1) is 9.99. The fourth-order valence-corrected chi connectivity index (χ4v) is 2.53. The average molecular weight is 255 g/mol. The Morgan fingerprint density at radius 3 is 2.57 bits per heavy atom. The molecular weight excluding hydrogens is 240 g/mol. The van der Waals surface area contributed by atoms with Crippen molar-refractivity contribution in [2.45, 2.75) is 25.3 Å². The largest absolute Gasteiger partial charge is 0.399 e. The van der Waals surface area contributed by atoms with Gasteiger partial charge in [0.05, 0.1) is 0 Å². The standard InChI is InChI=1S/C11H15BrN2/c12-10-6-8(13)4-5-9(10)11(14)7-2-1-3-7/h4-7,11H,1-3,13-14H2/t11-/m0/s1.